The molecule has 0 unspecified atom stereocenters. The third kappa shape index (κ3) is 5.06. The maximum Gasteiger partial charge on any atom is 0.250 e. The van der Waals surface area contributed by atoms with E-state index in [-0.39, 0.29) is 30.4 Å². The molecule has 0 saturated carbocycles. The second kappa shape index (κ2) is 10.7. The van der Waals surface area contributed by atoms with E-state index in [1.54, 1.807) is 30.5 Å². The summed E-state index contributed by atoms with van der Waals surface area (Å²) >= 11 is 12.4. The predicted octanol–water partition coefficient (Wildman–Crippen LogP) is 5.43. The van der Waals surface area contributed by atoms with Crippen molar-refractivity contribution in [2.45, 2.75) is 12.1 Å². The standard InChI is InChI=1S/C27H23ClFN5O2S/c1-36-16-24(35)31-21-12-11-19(15-20(21)28)34-26(25(32-27(34)37)22-5-2-3-13-30-22)23-6-4-14-33(23)18-9-7-17(29)8-10-18/h2-15,25-26H,16H2,1H3,(H,31,35)(H,32,37)/t25-,26-/m0/s1. The number of ether oxygens (including phenoxy) is 1. The number of thiocarbonyl (C=S) groups is 1. The topological polar surface area (TPSA) is 71.4 Å². The van der Waals surface area contributed by atoms with Crippen molar-refractivity contribution in [2.75, 3.05) is 23.9 Å². The summed E-state index contributed by atoms with van der Waals surface area (Å²) in [4.78, 5) is 18.6. The molecule has 0 radical (unpaired) electrons. The summed E-state index contributed by atoms with van der Waals surface area (Å²) in [6, 6.07) is 20.8. The number of hydrogen-bond donors (Lipinski definition) is 2. The molecule has 1 fully saturated rings. The lowest BCUT2D eigenvalue weighted by Crippen LogP contribution is -2.30. The number of carbonyl (C=O) groups excluding carboxylic acids is 1. The van der Waals surface area contributed by atoms with Crippen LogP contribution in [0.5, 0.6) is 0 Å². The average molecular weight is 536 g/mol. The van der Waals surface area contributed by atoms with E-state index in [1.165, 1.54) is 19.2 Å². The first-order chi connectivity index (χ1) is 18.0. The van der Waals surface area contributed by atoms with E-state index in [2.05, 4.69) is 15.6 Å². The Labute approximate surface area is 223 Å². The molecule has 10 heteroatoms. The molecule has 2 aromatic carbocycles. The van der Waals surface area contributed by atoms with Gasteiger partial charge in [-0.3, -0.25) is 9.78 Å². The van der Waals surface area contributed by atoms with E-state index in [0.29, 0.717) is 15.8 Å². The molecule has 5 rings (SSSR count). The number of halogens is 2. The first-order valence-electron chi connectivity index (χ1n) is 11.5. The Morgan fingerprint density at radius 1 is 1.14 bits per heavy atom. The SMILES string of the molecule is COCC(=O)Nc1ccc(N2C(=S)N[C@@H](c3ccccn3)[C@@H]2c2cccn2-c2ccc(F)cc2)cc1Cl. The van der Waals surface area contributed by atoms with Crippen LogP contribution in [0.3, 0.4) is 0 Å². The number of rotatable bonds is 7. The van der Waals surface area contributed by atoms with Crippen molar-refractivity contribution in [1.29, 1.82) is 0 Å². The van der Waals surface area contributed by atoms with Gasteiger partial charge in [0.2, 0.25) is 5.91 Å². The van der Waals surface area contributed by atoms with Crippen LogP contribution in [-0.2, 0) is 9.53 Å². The lowest BCUT2D eigenvalue weighted by molar-refractivity contribution is -0.119. The highest BCUT2D eigenvalue weighted by atomic mass is 35.5. The molecule has 0 aliphatic carbocycles. The van der Waals surface area contributed by atoms with Gasteiger partial charge in [0.15, 0.2) is 5.11 Å². The third-order valence-electron chi connectivity index (χ3n) is 6.07. The normalized spacial score (nSPS) is 17.1. The monoisotopic (exact) mass is 535 g/mol. The molecule has 188 valence electrons. The van der Waals surface area contributed by atoms with Crippen LogP contribution in [0.15, 0.2) is 85.2 Å². The van der Waals surface area contributed by atoms with Crippen LogP contribution in [-0.4, -0.2) is 34.3 Å². The van der Waals surface area contributed by atoms with Crippen molar-refractivity contribution < 1.29 is 13.9 Å². The highest BCUT2D eigenvalue weighted by Gasteiger charge is 2.42. The zero-order valence-corrected chi connectivity index (χ0v) is 21.3. The van der Waals surface area contributed by atoms with Crippen LogP contribution >= 0.6 is 23.8 Å². The molecule has 1 aliphatic rings. The molecule has 3 heterocycles. The van der Waals surface area contributed by atoms with E-state index in [0.717, 1.165) is 22.8 Å². The zero-order valence-electron chi connectivity index (χ0n) is 19.8. The Kier molecular flexibility index (Phi) is 7.18. The number of amides is 1. The van der Waals surface area contributed by atoms with Gasteiger partial charge in [0, 0.05) is 36.6 Å². The Hall–Kier alpha value is -3.79. The minimum atomic E-state index is -0.313. The summed E-state index contributed by atoms with van der Waals surface area (Å²) in [5.74, 6) is -0.609. The highest BCUT2D eigenvalue weighted by molar-refractivity contribution is 7.80. The Balaban J connectivity index is 1.58. The van der Waals surface area contributed by atoms with Gasteiger partial charge in [-0.15, -0.1) is 0 Å². The quantitative estimate of drug-likeness (QED) is 0.308. The average Bonchev–Trinajstić information content (AvgIpc) is 3.51. The van der Waals surface area contributed by atoms with Crippen LogP contribution in [0, 0.1) is 5.82 Å². The molecule has 37 heavy (non-hydrogen) atoms. The molecule has 1 saturated heterocycles. The van der Waals surface area contributed by atoms with Gasteiger partial charge in [0.25, 0.3) is 0 Å². The number of pyridine rings is 1. The van der Waals surface area contributed by atoms with Gasteiger partial charge in [0.1, 0.15) is 18.5 Å². The fourth-order valence-electron chi connectivity index (χ4n) is 4.48. The van der Waals surface area contributed by atoms with Crippen LogP contribution in [0.4, 0.5) is 15.8 Å². The van der Waals surface area contributed by atoms with Crippen molar-refractivity contribution in [3.8, 4) is 5.69 Å². The summed E-state index contributed by atoms with van der Waals surface area (Å²) in [6.07, 6.45) is 3.67. The summed E-state index contributed by atoms with van der Waals surface area (Å²) in [6.45, 7) is -0.0770. The molecule has 0 spiro atoms. The van der Waals surface area contributed by atoms with E-state index < -0.39 is 0 Å². The Bertz CT molecular complexity index is 1430. The third-order valence-corrected chi connectivity index (χ3v) is 6.69. The fourth-order valence-corrected chi connectivity index (χ4v) is 5.05. The Morgan fingerprint density at radius 3 is 2.62 bits per heavy atom. The number of methoxy groups -OCH3 is 1. The van der Waals surface area contributed by atoms with Crippen LogP contribution in [0.25, 0.3) is 5.69 Å². The van der Waals surface area contributed by atoms with E-state index in [9.17, 15) is 9.18 Å². The lowest BCUT2D eigenvalue weighted by Gasteiger charge is -2.29. The first kappa shape index (κ1) is 24.9. The molecular weight excluding hydrogens is 513 g/mol. The van der Waals surface area contributed by atoms with Gasteiger partial charge in [-0.25, -0.2) is 4.39 Å². The summed E-state index contributed by atoms with van der Waals surface area (Å²) in [5.41, 5.74) is 3.76. The van der Waals surface area contributed by atoms with Crippen molar-refractivity contribution in [1.82, 2.24) is 14.9 Å². The number of nitrogens with one attached hydrogen (secondary N) is 2. The number of anilines is 2. The van der Waals surface area contributed by atoms with Crippen LogP contribution < -0.4 is 15.5 Å². The largest absolute Gasteiger partial charge is 0.375 e. The molecule has 4 aromatic rings. The van der Waals surface area contributed by atoms with Crippen LogP contribution in [0.1, 0.15) is 23.5 Å². The first-order valence-corrected chi connectivity index (χ1v) is 12.3. The van der Waals surface area contributed by atoms with Crippen molar-refractivity contribution >= 4 is 46.2 Å². The molecule has 1 amide bonds. The van der Waals surface area contributed by atoms with Gasteiger partial charge in [-0.2, -0.15) is 0 Å². The second-order valence-electron chi connectivity index (χ2n) is 8.42. The zero-order chi connectivity index (χ0) is 25.9. The van der Waals surface area contributed by atoms with Crippen molar-refractivity contribution in [2.24, 2.45) is 0 Å². The predicted molar refractivity (Wildman–Crippen MR) is 146 cm³/mol. The Morgan fingerprint density at radius 2 is 1.92 bits per heavy atom. The fraction of sp³-hybridized carbons (Fsp3) is 0.148. The van der Waals surface area contributed by atoms with Crippen molar-refractivity contribution in [3.05, 3.63) is 107 Å². The smallest absolute Gasteiger partial charge is 0.250 e. The van der Waals surface area contributed by atoms with E-state index >= 15 is 0 Å². The second-order valence-corrected chi connectivity index (χ2v) is 9.22. The maximum atomic E-state index is 13.6. The number of aromatic nitrogens is 2. The van der Waals surface area contributed by atoms with Gasteiger partial charge in [-0.1, -0.05) is 17.7 Å². The van der Waals surface area contributed by atoms with Gasteiger partial charge < -0.3 is 24.8 Å². The number of carbonyl (C=O) groups is 1. The lowest BCUT2D eigenvalue weighted by atomic mass is 10.0. The summed E-state index contributed by atoms with van der Waals surface area (Å²) in [5, 5.41) is 7.02. The van der Waals surface area contributed by atoms with Crippen LogP contribution in [0.2, 0.25) is 5.02 Å². The molecule has 2 N–H and O–H groups in total. The molecule has 1 aliphatic heterocycles. The van der Waals surface area contributed by atoms with E-state index in [1.807, 2.05) is 52.1 Å². The van der Waals surface area contributed by atoms with Gasteiger partial charge >= 0.3 is 0 Å². The number of benzene rings is 2. The minimum Gasteiger partial charge on any atom is -0.375 e. The number of nitrogens with zero attached hydrogens (tertiary/aromatic N) is 3. The maximum absolute atomic E-state index is 13.6. The molecule has 2 atom stereocenters. The van der Waals surface area contributed by atoms with Gasteiger partial charge in [0.05, 0.1) is 22.4 Å². The summed E-state index contributed by atoms with van der Waals surface area (Å²) < 4.78 is 20.5. The number of hydrogen-bond acceptors (Lipinski definition) is 4. The summed E-state index contributed by atoms with van der Waals surface area (Å²) in [7, 11) is 1.45. The molecule has 2 aromatic heterocycles. The van der Waals surface area contributed by atoms with E-state index in [4.69, 9.17) is 28.6 Å². The highest BCUT2D eigenvalue weighted by Crippen LogP contribution is 2.43. The van der Waals surface area contributed by atoms with Gasteiger partial charge in [-0.05, 0) is 78.9 Å². The molecular formula is C27H23ClFN5O2S. The minimum absolute atomic E-state index is 0.0770. The van der Waals surface area contributed by atoms with Crippen molar-refractivity contribution in [3.63, 3.8) is 0 Å². The molecule has 7 nitrogen and oxygen atoms in total. The molecule has 0 bridgehead atoms.